The Bertz CT molecular complexity index is 1660. The smallest absolute Gasteiger partial charge is 0.335 e. The summed E-state index contributed by atoms with van der Waals surface area (Å²) in [5.41, 5.74) is 5.10. The van der Waals surface area contributed by atoms with Gasteiger partial charge in [0.15, 0.2) is 0 Å². The summed E-state index contributed by atoms with van der Waals surface area (Å²) in [4.78, 5) is 51.9. The summed E-state index contributed by atoms with van der Waals surface area (Å²) in [6.07, 6.45) is 9.36. The Morgan fingerprint density at radius 2 is 1.47 bits per heavy atom. The van der Waals surface area contributed by atoms with Crippen LogP contribution >= 0.6 is 0 Å². The van der Waals surface area contributed by atoms with Gasteiger partial charge in [-0.15, -0.1) is 0 Å². The highest BCUT2D eigenvalue weighted by atomic mass is 16.5. The van der Waals surface area contributed by atoms with Crippen LogP contribution in [0.25, 0.3) is 11.8 Å². The molecular weight excluding hydrogens is 542 g/mol. The van der Waals surface area contributed by atoms with Gasteiger partial charge in [0.25, 0.3) is 11.8 Å². The number of carbonyl (C=O) groups excluding carboxylic acids is 4. The van der Waals surface area contributed by atoms with Crippen molar-refractivity contribution in [3.8, 4) is 11.4 Å². The van der Waals surface area contributed by atoms with Crippen LogP contribution in [-0.2, 0) is 19.8 Å². The molecule has 1 aliphatic heterocycles. The van der Waals surface area contributed by atoms with E-state index in [-0.39, 0.29) is 11.0 Å². The largest absolute Gasteiger partial charge is 0.427 e. The van der Waals surface area contributed by atoms with Gasteiger partial charge >= 0.3 is 12.0 Å². The number of benzene rings is 2. The third-order valence-corrected chi connectivity index (χ3v) is 10.0. The van der Waals surface area contributed by atoms with Crippen molar-refractivity contribution in [1.29, 1.82) is 0 Å². The fourth-order valence-corrected chi connectivity index (χ4v) is 8.64. The third-order valence-electron chi connectivity index (χ3n) is 10.0. The monoisotopic (exact) mass is 577 g/mol. The van der Waals surface area contributed by atoms with E-state index in [0.29, 0.717) is 17.0 Å². The SMILES string of the molecule is CC(=O)Oc1ccc(-n2c(C)cc(/C=C3\C(=O)NC(=O)N(c4ccc(C56CC7CC(CC(C7)C5)C6)cc4)C3=O)c2C)cc1. The molecule has 0 spiro atoms. The molecule has 1 N–H and O–H groups in total. The van der Waals surface area contributed by atoms with Gasteiger partial charge in [0.05, 0.1) is 5.69 Å². The normalized spacial score (nSPS) is 27.1. The number of carbonyl (C=O) groups is 4. The van der Waals surface area contributed by atoms with Gasteiger partial charge in [-0.3, -0.25) is 19.7 Å². The van der Waals surface area contributed by atoms with Crippen LogP contribution in [0, 0.1) is 31.6 Å². The molecule has 8 nitrogen and oxygen atoms in total. The van der Waals surface area contributed by atoms with Gasteiger partial charge in [-0.1, -0.05) is 12.1 Å². The first-order valence-electron chi connectivity index (χ1n) is 15.1. The van der Waals surface area contributed by atoms with Crippen molar-refractivity contribution >= 4 is 35.6 Å². The highest BCUT2D eigenvalue weighted by Crippen LogP contribution is 2.60. The maximum atomic E-state index is 13.7. The Kier molecular flexibility index (Phi) is 6.41. The summed E-state index contributed by atoms with van der Waals surface area (Å²) in [6.45, 7) is 5.18. The zero-order valence-electron chi connectivity index (χ0n) is 24.7. The van der Waals surface area contributed by atoms with Gasteiger partial charge in [0, 0.05) is 24.0 Å². The highest BCUT2D eigenvalue weighted by molar-refractivity contribution is 6.39. The summed E-state index contributed by atoms with van der Waals surface area (Å²) < 4.78 is 7.13. The number of ether oxygens (including phenoxy) is 1. The first-order chi connectivity index (χ1) is 20.6. The van der Waals surface area contributed by atoms with E-state index in [2.05, 4.69) is 17.4 Å². The summed E-state index contributed by atoms with van der Waals surface area (Å²) in [6, 6.07) is 16.1. The van der Waals surface area contributed by atoms with Crippen molar-refractivity contribution in [2.45, 2.75) is 64.7 Å². The number of amides is 4. The fraction of sp³-hybridized carbons (Fsp3) is 0.371. The van der Waals surface area contributed by atoms with Gasteiger partial charge in [0.2, 0.25) is 0 Å². The number of urea groups is 1. The number of imide groups is 2. The molecule has 2 heterocycles. The van der Waals surface area contributed by atoms with Crippen molar-refractivity contribution in [1.82, 2.24) is 9.88 Å². The van der Waals surface area contributed by atoms with E-state index in [1.54, 1.807) is 18.2 Å². The van der Waals surface area contributed by atoms with Gasteiger partial charge in [-0.25, -0.2) is 9.69 Å². The number of aromatic nitrogens is 1. The lowest BCUT2D eigenvalue weighted by Gasteiger charge is -2.57. The van der Waals surface area contributed by atoms with Crippen molar-refractivity contribution in [2.24, 2.45) is 17.8 Å². The minimum absolute atomic E-state index is 0.102. The predicted octanol–water partition coefficient (Wildman–Crippen LogP) is 6.15. The quantitative estimate of drug-likeness (QED) is 0.170. The average Bonchev–Trinajstić information content (AvgIpc) is 3.23. The lowest BCUT2D eigenvalue weighted by molar-refractivity contribution is -0.132. The molecule has 3 aromatic rings. The molecule has 0 atom stereocenters. The molecule has 4 saturated carbocycles. The van der Waals surface area contributed by atoms with Crippen LogP contribution in [0.2, 0.25) is 0 Å². The van der Waals surface area contributed by atoms with E-state index < -0.39 is 23.8 Å². The molecule has 8 rings (SSSR count). The summed E-state index contributed by atoms with van der Waals surface area (Å²) >= 11 is 0. The minimum atomic E-state index is -0.743. The number of nitrogens with zero attached hydrogens (tertiary/aromatic N) is 2. The van der Waals surface area contributed by atoms with Gasteiger partial charge in [-0.2, -0.15) is 0 Å². The maximum Gasteiger partial charge on any atom is 0.335 e. The van der Waals surface area contributed by atoms with Crippen LogP contribution in [0.3, 0.4) is 0 Å². The number of hydrogen-bond acceptors (Lipinski definition) is 5. The highest BCUT2D eigenvalue weighted by Gasteiger charge is 2.51. The minimum Gasteiger partial charge on any atom is -0.427 e. The van der Waals surface area contributed by atoms with Gasteiger partial charge in [0.1, 0.15) is 11.3 Å². The molecule has 43 heavy (non-hydrogen) atoms. The second-order valence-electron chi connectivity index (χ2n) is 13.0. The van der Waals surface area contributed by atoms with E-state index in [4.69, 9.17) is 4.74 Å². The summed E-state index contributed by atoms with van der Waals surface area (Å²) in [7, 11) is 0. The van der Waals surface area contributed by atoms with E-state index >= 15 is 0 Å². The Balaban J connectivity index is 1.16. The Morgan fingerprint density at radius 1 is 0.884 bits per heavy atom. The zero-order valence-corrected chi connectivity index (χ0v) is 24.7. The van der Waals surface area contributed by atoms with Crippen LogP contribution in [0.5, 0.6) is 5.75 Å². The molecule has 220 valence electrons. The predicted molar refractivity (Wildman–Crippen MR) is 162 cm³/mol. The van der Waals surface area contributed by atoms with Crippen LogP contribution in [0.4, 0.5) is 10.5 Å². The van der Waals surface area contributed by atoms with E-state index in [1.165, 1.54) is 51.0 Å². The molecule has 0 unspecified atom stereocenters. The Hall–Kier alpha value is -4.46. The third kappa shape index (κ3) is 4.69. The first-order valence-corrected chi connectivity index (χ1v) is 15.1. The van der Waals surface area contributed by atoms with Crippen LogP contribution in [0.15, 0.2) is 60.2 Å². The van der Waals surface area contributed by atoms with E-state index in [9.17, 15) is 19.2 Å². The average molecular weight is 578 g/mol. The number of esters is 1. The van der Waals surface area contributed by atoms with E-state index in [1.807, 2.05) is 48.7 Å². The van der Waals surface area contributed by atoms with Crippen molar-refractivity contribution in [3.05, 3.63) is 82.7 Å². The van der Waals surface area contributed by atoms with Crippen LogP contribution in [0.1, 0.15) is 68.0 Å². The molecule has 4 amide bonds. The molecule has 5 aliphatic rings. The van der Waals surface area contributed by atoms with Crippen molar-refractivity contribution in [3.63, 3.8) is 0 Å². The molecule has 4 bridgehead atoms. The molecule has 5 fully saturated rings. The van der Waals surface area contributed by atoms with Gasteiger partial charge in [-0.05, 0) is 135 Å². The number of rotatable bonds is 5. The van der Waals surface area contributed by atoms with Crippen molar-refractivity contribution < 1.29 is 23.9 Å². The molecule has 8 heteroatoms. The van der Waals surface area contributed by atoms with Crippen LogP contribution < -0.4 is 15.0 Å². The molecule has 1 saturated heterocycles. The molecule has 2 aromatic carbocycles. The first kappa shape index (κ1) is 27.4. The van der Waals surface area contributed by atoms with Crippen molar-refractivity contribution in [2.75, 3.05) is 4.90 Å². The number of hydrogen-bond donors (Lipinski definition) is 1. The fourth-order valence-electron chi connectivity index (χ4n) is 8.64. The number of aryl methyl sites for hydroxylation is 1. The topological polar surface area (TPSA) is 97.7 Å². The molecule has 0 radical (unpaired) electrons. The second-order valence-corrected chi connectivity index (χ2v) is 13.0. The number of nitrogens with one attached hydrogen (secondary N) is 1. The standard InChI is InChI=1S/C35H35N3O5/c1-20-12-26(21(2)37(20)28-8-10-30(11-9-28)43-22(3)39)16-31-32(40)36-34(42)38(33(31)41)29-6-4-27(5-7-29)35-17-23-13-24(18-35)15-25(14-23)19-35/h4-12,16,23-25H,13-15,17-19H2,1-3H3,(H,36,40,42)/b31-16+. The lowest BCUT2D eigenvalue weighted by Crippen LogP contribution is -2.54. The number of anilines is 1. The maximum absolute atomic E-state index is 13.7. The van der Waals surface area contributed by atoms with Gasteiger partial charge < -0.3 is 9.30 Å². The Labute approximate surface area is 250 Å². The van der Waals surface area contributed by atoms with E-state index in [0.717, 1.165) is 39.7 Å². The Morgan fingerprint density at radius 3 is 2.05 bits per heavy atom. The molecule has 4 aliphatic carbocycles. The number of barbiturate groups is 1. The molecule has 1 aromatic heterocycles. The van der Waals surface area contributed by atoms with Crippen LogP contribution in [-0.4, -0.2) is 28.4 Å². The molecular formula is C35H35N3O5. The summed E-state index contributed by atoms with van der Waals surface area (Å²) in [5.74, 6) is 1.15. The lowest BCUT2D eigenvalue weighted by atomic mass is 9.48. The summed E-state index contributed by atoms with van der Waals surface area (Å²) in [5, 5.41) is 2.36. The zero-order chi connectivity index (χ0) is 30.0. The second kappa shape index (κ2) is 10.1.